The third-order valence-electron chi connectivity index (χ3n) is 2.99. The Labute approximate surface area is 114 Å². The van der Waals surface area contributed by atoms with Crippen LogP contribution >= 0.6 is 15.9 Å². The zero-order valence-electron chi connectivity index (χ0n) is 10.5. The van der Waals surface area contributed by atoms with E-state index in [0.717, 1.165) is 22.3 Å². The van der Waals surface area contributed by atoms with Crippen molar-refractivity contribution < 1.29 is 0 Å². The highest BCUT2D eigenvalue weighted by atomic mass is 79.9. The lowest BCUT2D eigenvalue weighted by atomic mass is 10.3. The smallest absolute Gasteiger partial charge is 0.294 e. The van der Waals surface area contributed by atoms with Gasteiger partial charge in [0.1, 0.15) is 5.69 Å². The Bertz CT molecular complexity index is 610. The molecule has 0 unspecified atom stereocenters. The van der Waals surface area contributed by atoms with Crippen molar-refractivity contribution in [1.29, 1.82) is 0 Å². The number of aromatic nitrogens is 2. The van der Waals surface area contributed by atoms with Crippen molar-refractivity contribution in [2.24, 2.45) is 0 Å². The van der Waals surface area contributed by atoms with Crippen molar-refractivity contribution in [3.05, 3.63) is 44.8 Å². The van der Waals surface area contributed by atoms with Crippen molar-refractivity contribution >= 4 is 21.6 Å². The summed E-state index contributed by atoms with van der Waals surface area (Å²) in [5.41, 5.74) is 7.82. The van der Waals surface area contributed by atoms with Gasteiger partial charge in [-0.05, 0) is 37.6 Å². The quantitative estimate of drug-likeness (QED) is 0.947. The molecule has 2 aromatic rings. The minimum absolute atomic E-state index is 0.143. The maximum atomic E-state index is 12.2. The summed E-state index contributed by atoms with van der Waals surface area (Å²) in [7, 11) is 0. The van der Waals surface area contributed by atoms with E-state index >= 15 is 0 Å². The maximum Gasteiger partial charge on any atom is 0.294 e. The molecule has 0 saturated carbocycles. The maximum absolute atomic E-state index is 12.2. The highest BCUT2D eigenvalue weighted by Gasteiger charge is 2.16. The zero-order valence-corrected chi connectivity index (χ0v) is 12.1. The molecule has 1 aromatic heterocycles. The molecule has 18 heavy (non-hydrogen) atoms. The number of nitrogens with zero attached hydrogens (tertiary/aromatic N) is 2. The summed E-state index contributed by atoms with van der Waals surface area (Å²) in [6.45, 7) is 4.72. The van der Waals surface area contributed by atoms with Crippen LogP contribution in [0.25, 0.3) is 5.69 Å². The number of rotatable bonds is 3. The van der Waals surface area contributed by atoms with Crippen LogP contribution in [0.2, 0.25) is 0 Å². The van der Waals surface area contributed by atoms with E-state index in [0.29, 0.717) is 12.2 Å². The highest BCUT2D eigenvalue weighted by molar-refractivity contribution is 9.10. The van der Waals surface area contributed by atoms with Gasteiger partial charge in [0.25, 0.3) is 5.56 Å². The molecular weight excluding hydrogens is 294 g/mol. The van der Waals surface area contributed by atoms with Crippen molar-refractivity contribution in [2.45, 2.75) is 26.8 Å². The molecule has 2 N–H and O–H groups in total. The highest BCUT2D eigenvalue weighted by Crippen LogP contribution is 2.16. The van der Waals surface area contributed by atoms with Crippen LogP contribution in [-0.4, -0.2) is 9.36 Å². The van der Waals surface area contributed by atoms with E-state index in [1.807, 2.05) is 42.8 Å². The van der Waals surface area contributed by atoms with E-state index in [4.69, 9.17) is 5.73 Å². The number of hydrogen-bond acceptors (Lipinski definition) is 2. The normalized spacial score (nSPS) is 10.8. The number of halogens is 1. The van der Waals surface area contributed by atoms with Gasteiger partial charge in [-0.15, -0.1) is 0 Å². The molecule has 96 valence electrons. The molecule has 0 fully saturated rings. The van der Waals surface area contributed by atoms with Gasteiger partial charge >= 0.3 is 0 Å². The van der Waals surface area contributed by atoms with Gasteiger partial charge in [0.05, 0.1) is 11.4 Å². The molecule has 4 nitrogen and oxygen atoms in total. The molecule has 5 heteroatoms. The third kappa shape index (κ3) is 1.99. The Balaban J connectivity index is 2.71. The second kappa shape index (κ2) is 5.02. The molecule has 0 aliphatic heterocycles. The minimum atomic E-state index is -0.143. The molecule has 0 saturated heterocycles. The van der Waals surface area contributed by atoms with E-state index in [2.05, 4.69) is 15.9 Å². The van der Waals surface area contributed by atoms with E-state index in [9.17, 15) is 4.79 Å². The second-order valence-electron chi connectivity index (χ2n) is 4.02. The van der Waals surface area contributed by atoms with E-state index in [1.54, 1.807) is 4.68 Å². The number of nitrogens with two attached hydrogens (primary N) is 1. The molecule has 2 rings (SSSR count). The molecular formula is C13H16BrN3O. The van der Waals surface area contributed by atoms with Crippen molar-refractivity contribution in [2.75, 3.05) is 5.73 Å². The Morgan fingerprint density at radius 1 is 1.22 bits per heavy atom. The predicted molar refractivity (Wildman–Crippen MR) is 77.2 cm³/mol. The molecule has 0 spiro atoms. The van der Waals surface area contributed by atoms with Gasteiger partial charge in [-0.25, -0.2) is 4.68 Å². The van der Waals surface area contributed by atoms with Crippen LogP contribution in [0, 0.1) is 0 Å². The van der Waals surface area contributed by atoms with Crippen LogP contribution < -0.4 is 11.3 Å². The fraction of sp³-hybridized carbons (Fsp3) is 0.308. The van der Waals surface area contributed by atoms with Crippen LogP contribution in [0.15, 0.2) is 33.5 Å². The molecule has 1 aromatic carbocycles. The molecule has 0 aliphatic rings. The average Bonchev–Trinajstić information content (AvgIpc) is 2.62. The van der Waals surface area contributed by atoms with Gasteiger partial charge in [0.2, 0.25) is 0 Å². The van der Waals surface area contributed by atoms with Crippen LogP contribution in [0.3, 0.4) is 0 Å². The standard InChI is InChI=1S/C13H16BrN3O/c1-3-11-12(15)13(18)17(16(11)4-2)10-7-5-9(14)6-8-10/h5-8H,3-4,15H2,1-2H3. The SMILES string of the molecule is CCc1c(N)c(=O)n(-c2ccc(Br)cc2)n1CC. The lowest BCUT2D eigenvalue weighted by Gasteiger charge is -2.12. The van der Waals surface area contributed by atoms with Crippen molar-refractivity contribution in [1.82, 2.24) is 9.36 Å². The van der Waals surface area contributed by atoms with Gasteiger partial charge in [0, 0.05) is 11.0 Å². The summed E-state index contributed by atoms with van der Waals surface area (Å²) in [6.07, 6.45) is 0.748. The Morgan fingerprint density at radius 2 is 1.83 bits per heavy atom. The molecule has 0 bridgehead atoms. The minimum Gasteiger partial charge on any atom is -0.393 e. The first-order valence-corrected chi connectivity index (χ1v) is 6.75. The first kappa shape index (κ1) is 13.0. The monoisotopic (exact) mass is 309 g/mol. The first-order valence-electron chi connectivity index (χ1n) is 5.96. The lowest BCUT2D eigenvalue weighted by molar-refractivity contribution is 0.551. The number of benzene rings is 1. The summed E-state index contributed by atoms with van der Waals surface area (Å²) >= 11 is 3.39. The van der Waals surface area contributed by atoms with Crippen LogP contribution in [-0.2, 0) is 13.0 Å². The summed E-state index contributed by atoms with van der Waals surface area (Å²) in [6, 6.07) is 7.63. The second-order valence-corrected chi connectivity index (χ2v) is 4.94. The van der Waals surface area contributed by atoms with Gasteiger partial charge in [0.15, 0.2) is 0 Å². The summed E-state index contributed by atoms with van der Waals surface area (Å²) in [4.78, 5) is 12.2. The number of nitrogen functional groups attached to an aromatic ring is 1. The largest absolute Gasteiger partial charge is 0.393 e. The fourth-order valence-electron chi connectivity index (χ4n) is 2.15. The molecule has 0 radical (unpaired) electrons. The summed E-state index contributed by atoms with van der Waals surface area (Å²) in [5.74, 6) is 0. The number of anilines is 1. The third-order valence-corrected chi connectivity index (χ3v) is 3.52. The van der Waals surface area contributed by atoms with E-state index < -0.39 is 0 Å². The predicted octanol–water partition coefficient (Wildman–Crippen LogP) is 2.57. The van der Waals surface area contributed by atoms with Gasteiger partial charge < -0.3 is 5.73 Å². The number of hydrogen-bond donors (Lipinski definition) is 1. The molecule has 1 heterocycles. The van der Waals surface area contributed by atoms with Crippen LogP contribution in [0.4, 0.5) is 5.69 Å². The lowest BCUT2D eigenvalue weighted by Crippen LogP contribution is -2.21. The average molecular weight is 310 g/mol. The Kier molecular flexibility index (Phi) is 3.61. The van der Waals surface area contributed by atoms with Gasteiger partial charge in [-0.3, -0.25) is 9.48 Å². The summed E-state index contributed by atoms with van der Waals surface area (Å²) in [5, 5.41) is 0. The first-order chi connectivity index (χ1) is 8.60. The Hall–Kier alpha value is -1.49. The van der Waals surface area contributed by atoms with Gasteiger partial charge in [-0.1, -0.05) is 22.9 Å². The van der Waals surface area contributed by atoms with Crippen LogP contribution in [0.5, 0.6) is 0 Å². The van der Waals surface area contributed by atoms with Gasteiger partial charge in [-0.2, -0.15) is 0 Å². The molecule has 0 aliphatic carbocycles. The van der Waals surface area contributed by atoms with Crippen molar-refractivity contribution in [3.8, 4) is 5.69 Å². The van der Waals surface area contributed by atoms with Crippen molar-refractivity contribution in [3.63, 3.8) is 0 Å². The zero-order chi connectivity index (χ0) is 13.3. The van der Waals surface area contributed by atoms with Crippen LogP contribution in [0.1, 0.15) is 19.5 Å². The van der Waals surface area contributed by atoms with E-state index in [1.165, 1.54) is 0 Å². The van der Waals surface area contributed by atoms with E-state index in [-0.39, 0.29) is 5.56 Å². The molecule has 0 atom stereocenters. The molecule has 0 amide bonds. The Morgan fingerprint density at radius 3 is 2.33 bits per heavy atom. The topological polar surface area (TPSA) is 53.0 Å². The fourth-order valence-corrected chi connectivity index (χ4v) is 2.42. The summed E-state index contributed by atoms with van der Waals surface area (Å²) < 4.78 is 4.55.